The van der Waals surface area contributed by atoms with Crippen molar-refractivity contribution in [2.75, 3.05) is 23.7 Å². The summed E-state index contributed by atoms with van der Waals surface area (Å²) in [4.78, 5) is 12.4. The van der Waals surface area contributed by atoms with Gasteiger partial charge in [-0.25, -0.2) is 8.42 Å². The average molecular weight is 487 g/mol. The average Bonchev–Trinajstić information content (AvgIpc) is 2.79. The molecule has 174 valence electrons. The van der Waals surface area contributed by atoms with Crippen molar-refractivity contribution in [3.63, 3.8) is 0 Å². The zero-order chi connectivity index (χ0) is 23.8. The Hall–Kier alpha value is -3.03. The maximum Gasteiger partial charge on any atom is 0.251 e. The number of carbonyl (C=O) groups is 1. The SMILES string of the molecule is CCOc1ccc(N(Cc2ccc(C(=O)NCCc3ccc(Cl)cc3)cc2)S(C)(=O)=O)cc1. The molecule has 0 bridgehead atoms. The van der Waals surface area contributed by atoms with E-state index in [0.717, 1.165) is 11.1 Å². The summed E-state index contributed by atoms with van der Waals surface area (Å²) < 4.78 is 31.5. The van der Waals surface area contributed by atoms with Gasteiger partial charge in [0.05, 0.1) is 25.1 Å². The number of hydrogen-bond donors (Lipinski definition) is 1. The lowest BCUT2D eigenvalue weighted by atomic mass is 10.1. The van der Waals surface area contributed by atoms with E-state index in [-0.39, 0.29) is 12.5 Å². The van der Waals surface area contributed by atoms with E-state index in [4.69, 9.17) is 16.3 Å². The van der Waals surface area contributed by atoms with Gasteiger partial charge >= 0.3 is 0 Å². The zero-order valence-corrected chi connectivity index (χ0v) is 20.2. The first-order chi connectivity index (χ1) is 15.8. The number of hydrogen-bond acceptors (Lipinski definition) is 4. The molecule has 3 aromatic rings. The molecule has 3 aromatic carbocycles. The molecule has 0 heterocycles. The molecule has 0 aromatic heterocycles. The third kappa shape index (κ3) is 7.23. The van der Waals surface area contributed by atoms with E-state index in [2.05, 4.69) is 5.32 Å². The van der Waals surface area contributed by atoms with Gasteiger partial charge in [-0.05, 0) is 73.0 Å². The van der Waals surface area contributed by atoms with Crippen LogP contribution < -0.4 is 14.4 Å². The highest BCUT2D eigenvalue weighted by molar-refractivity contribution is 7.92. The molecule has 0 aliphatic carbocycles. The summed E-state index contributed by atoms with van der Waals surface area (Å²) in [5.41, 5.74) is 2.92. The lowest BCUT2D eigenvalue weighted by molar-refractivity contribution is 0.0954. The molecule has 0 spiro atoms. The Bertz CT molecular complexity index is 1160. The minimum absolute atomic E-state index is 0.158. The van der Waals surface area contributed by atoms with Crippen LogP contribution >= 0.6 is 11.6 Å². The molecule has 33 heavy (non-hydrogen) atoms. The minimum atomic E-state index is -3.50. The predicted molar refractivity (Wildman–Crippen MR) is 133 cm³/mol. The summed E-state index contributed by atoms with van der Waals surface area (Å²) in [6, 6.07) is 21.4. The first-order valence-corrected chi connectivity index (χ1v) is 12.8. The monoisotopic (exact) mass is 486 g/mol. The van der Waals surface area contributed by atoms with Crippen LogP contribution in [0.3, 0.4) is 0 Å². The number of halogens is 1. The van der Waals surface area contributed by atoms with E-state index in [1.165, 1.54) is 10.6 Å². The van der Waals surface area contributed by atoms with E-state index in [1.807, 2.05) is 31.2 Å². The van der Waals surface area contributed by atoms with Crippen molar-refractivity contribution >= 4 is 33.2 Å². The van der Waals surface area contributed by atoms with Crippen molar-refractivity contribution in [2.45, 2.75) is 19.9 Å². The maximum atomic E-state index is 12.4. The van der Waals surface area contributed by atoms with Crippen molar-refractivity contribution < 1.29 is 17.9 Å². The Morgan fingerprint density at radius 2 is 1.55 bits per heavy atom. The summed E-state index contributed by atoms with van der Waals surface area (Å²) in [5, 5.41) is 3.58. The van der Waals surface area contributed by atoms with Crippen LogP contribution in [0.4, 0.5) is 5.69 Å². The molecule has 0 fully saturated rings. The van der Waals surface area contributed by atoms with Gasteiger partial charge in [0, 0.05) is 17.1 Å². The van der Waals surface area contributed by atoms with Gasteiger partial charge in [-0.2, -0.15) is 0 Å². The Morgan fingerprint density at radius 1 is 0.939 bits per heavy atom. The van der Waals surface area contributed by atoms with Gasteiger partial charge in [-0.3, -0.25) is 9.10 Å². The van der Waals surface area contributed by atoms with Gasteiger partial charge in [0.1, 0.15) is 5.75 Å². The second kappa shape index (κ2) is 11.2. The third-order valence-corrected chi connectivity index (χ3v) is 6.38. The van der Waals surface area contributed by atoms with Crippen molar-refractivity contribution in [2.24, 2.45) is 0 Å². The number of rotatable bonds is 10. The van der Waals surface area contributed by atoms with Crippen LogP contribution in [-0.2, 0) is 23.0 Å². The van der Waals surface area contributed by atoms with E-state index in [1.54, 1.807) is 48.5 Å². The molecule has 0 saturated carbocycles. The number of carbonyl (C=O) groups excluding carboxylic acids is 1. The second-order valence-electron chi connectivity index (χ2n) is 7.53. The van der Waals surface area contributed by atoms with Crippen LogP contribution in [0.15, 0.2) is 72.8 Å². The molecule has 8 heteroatoms. The number of benzene rings is 3. The summed E-state index contributed by atoms with van der Waals surface area (Å²) in [6.07, 6.45) is 1.87. The number of ether oxygens (including phenoxy) is 1. The Labute approximate surface area is 200 Å². The third-order valence-electron chi connectivity index (χ3n) is 4.99. The highest BCUT2D eigenvalue weighted by Gasteiger charge is 2.18. The van der Waals surface area contributed by atoms with Crippen LogP contribution in [0.25, 0.3) is 0 Å². The standard InChI is InChI=1S/C25H27ClN2O4S/c1-3-32-24-14-12-23(13-15-24)28(33(2,30)31)18-20-4-8-21(9-5-20)25(29)27-17-16-19-6-10-22(26)11-7-19/h4-15H,3,16-18H2,1-2H3,(H,27,29). The smallest absolute Gasteiger partial charge is 0.251 e. The largest absolute Gasteiger partial charge is 0.494 e. The van der Waals surface area contributed by atoms with E-state index in [0.29, 0.717) is 41.6 Å². The molecular weight excluding hydrogens is 460 g/mol. The normalized spacial score (nSPS) is 11.1. The van der Waals surface area contributed by atoms with Crippen LogP contribution in [0, 0.1) is 0 Å². The van der Waals surface area contributed by atoms with Crippen LogP contribution in [-0.4, -0.2) is 33.7 Å². The predicted octanol–water partition coefficient (Wildman–Crippen LogP) is 4.68. The molecular formula is C25H27ClN2O4S. The van der Waals surface area contributed by atoms with Gasteiger partial charge in [-0.1, -0.05) is 35.9 Å². The fourth-order valence-corrected chi connectivity index (χ4v) is 4.29. The van der Waals surface area contributed by atoms with Gasteiger partial charge < -0.3 is 10.1 Å². The summed E-state index contributed by atoms with van der Waals surface area (Å²) >= 11 is 5.89. The molecule has 0 radical (unpaired) electrons. The highest BCUT2D eigenvalue weighted by atomic mass is 35.5. The van der Waals surface area contributed by atoms with E-state index >= 15 is 0 Å². The number of nitrogens with zero attached hydrogens (tertiary/aromatic N) is 1. The van der Waals surface area contributed by atoms with Crippen molar-refractivity contribution in [3.8, 4) is 5.75 Å². The molecule has 0 saturated heterocycles. The summed E-state index contributed by atoms with van der Waals surface area (Å²) in [6.45, 7) is 3.09. The number of sulfonamides is 1. The molecule has 6 nitrogen and oxygen atoms in total. The fourth-order valence-electron chi connectivity index (χ4n) is 3.28. The number of amides is 1. The Morgan fingerprint density at radius 3 is 2.12 bits per heavy atom. The quantitative estimate of drug-likeness (QED) is 0.451. The minimum Gasteiger partial charge on any atom is -0.494 e. The van der Waals surface area contributed by atoms with Gasteiger partial charge in [0.2, 0.25) is 10.0 Å². The number of anilines is 1. The Balaban J connectivity index is 1.62. The molecule has 1 N–H and O–H groups in total. The van der Waals surface area contributed by atoms with Crippen LogP contribution in [0.5, 0.6) is 5.75 Å². The first kappa shape index (κ1) is 24.6. The first-order valence-electron chi connectivity index (χ1n) is 10.6. The van der Waals surface area contributed by atoms with E-state index < -0.39 is 10.0 Å². The topological polar surface area (TPSA) is 75.7 Å². The molecule has 0 atom stereocenters. The van der Waals surface area contributed by atoms with Crippen LogP contribution in [0.2, 0.25) is 5.02 Å². The molecule has 0 unspecified atom stereocenters. The van der Waals surface area contributed by atoms with Gasteiger partial charge in [0.25, 0.3) is 5.91 Å². The summed E-state index contributed by atoms with van der Waals surface area (Å²) in [5.74, 6) is 0.503. The molecule has 3 rings (SSSR count). The van der Waals surface area contributed by atoms with Crippen molar-refractivity contribution in [3.05, 3.63) is 94.5 Å². The van der Waals surface area contributed by atoms with Crippen molar-refractivity contribution in [1.29, 1.82) is 0 Å². The van der Waals surface area contributed by atoms with Gasteiger partial charge in [-0.15, -0.1) is 0 Å². The lowest BCUT2D eigenvalue weighted by Crippen LogP contribution is -2.29. The molecule has 1 amide bonds. The lowest BCUT2D eigenvalue weighted by Gasteiger charge is -2.23. The van der Waals surface area contributed by atoms with E-state index in [9.17, 15) is 13.2 Å². The Kier molecular flexibility index (Phi) is 8.36. The maximum absolute atomic E-state index is 12.4. The van der Waals surface area contributed by atoms with Crippen molar-refractivity contribution in [1.82, 2.24) is 5.32 Å². The van der Waals surface area contributed by atoms with Crippen LogP contribution in [0.1, 0.15) is 28.4 Å². The zero-order valence-electron chi connectivity index (χ0n) is 18.6. The second-order valence-corrected chi connectivity index (χ2v) is 9.87. The highest BCUT2D eigenvalue weighted by Crippen LogP contribution is 2.24. The molecule has 0 aliphatic rings. The number of nitrogens with one attached hydrogen (secondary N) is 1. The fraction of sp³-hybridized carbons (Fsp3) is 0.240. The molecule has 0 aliphatic heterocycles. The summed E-state index contributed by atoms with van der Waals surface area (Å²) in [7, 11) is -3.50. The van der Waals surface area contributed by atoms with Gasteiger partial charge in [0.15, 0.2) is 0 Å².